The molecule has 1 rings (SSSR count). The summed E-state index contributed by atoms with van der Waals surface area (Å²) < 4.78 is 13.2. The number of rotatable bonds is 5. The number of amides is 2. The molecule has 2 atom stereocenters. The average Bonchev–Trinajstić information content (AvgIpc) is 2.33. The van der Waals surface area contributed by atoms with Gasteiger partial charge in [0.15, 0.2) is 0 Å². The molecular weight excluding hydrogens is 263 g/mol. The molecule has 0 fully saturated rings. The van der Waals surface area contributed by atoms with Crippen LogP contribution in [0.1, 0.15) is 25.8 Å². The Labute approximate surface area is 117 Å². The summed E-state index contributed by atoms with van der Waals surface area (Å²) in [5, 5.41) is 13.9. The fourth-order valence-electron chi connectivity index (χ4n) is 1.80. The average molecular weight is 282 g/mol. The fraction of sp³-hybridized carbons (Fsp3) is 0.429. The van der Waals surface area contributed by atoms with Crippen LogP contribution in [0.5, 0.6) is 0 Å². The number of aryl methyl sites for hydroxylation is 1. The fourth-order valence-corrected chi connectivity index (χ4v) is 1.80. The number of hydrogen-bond donors (Lipinski definition) is 3. The summed E-state index contributed by atoms with van der Waals surface area (Å²) in [4.78, 5) is 22.9. The third-order valence-electron chi connectivity index (χ3n) is 3.07. The highest BCUT2D eigenvalue weighted by atomic mass is 19.1. The maximum atomic E-state index is 13.2. The van der Waals surface area contributed by atoms with E-state index in [-0.39, 0.29) is 11.6 Å². The van der Waals surface area contributed by atoms with Crippen LogP contribution in [0.15, 0.2) is 18.2 Å². The first kappa shape index (κ1) is 15.9. The molecule has 3 N–H and O–H groups in total. The number of nitrogens with one attached hydrogen (secondary N) is 2. The van der Waals surface area contributed by atoms with E-state index >= 15 is 0 Å². The molecule has 0 bridgehead atoms. The van der Waals surface area contributed by atoms with Gasteiger partial charge in [-0.1, -0.05) is 20.3 Å². The zero-order valence-electron chi connectivity index (χ0n) is 11.7. The Hall–Kier alpha value is -2.11. The number of aliphatic carboxylic acids is 1. The second-order valence-electron chi connectivity index (χ2n) is 4.82. The van der Waals surface area contributed by atoms with E-state index in [0.717, 1.165) is 0 Å². The Morgan fingerprint density at radius 3 is 2.50 bits per heavy atom. The molecule has 0 saturated heterocycles. The highest BCUT2D eigenvalue weighted by Gasteiger charge is 2.25. The van der Waals surface area contributed by atoms with Crippen LogP contribution in [0.4, 0.5) is 14.9 Å². The number of benzene rings is 1. The van der Waals surface area contributed by atoms with E-state index in [4.69, 9.17) is 5.11 Å². The van der Waals surface area contributed by atoms with Crippen LogP contribution in [0, 0.1) is 18.7 Å². The number of urea groups is 1. The lowest BCUT2D eigenvalue weighted by molar-refractivity contribution is -0.140. The van der Waals surface area contributed by atoms with Crippen molar-refractivity contribution in [3.05, 3.63) is 29.6 Å². The molecule has 0 aromatic heterocycles. The monoisotopic (exact) mass is 282 g/mol. The van der Waals surface area contributed by atoms with Crippen molar-refractivity contribution in [3.63, 3.8) is 0 Å². The van der Waals surface area contributed by atoms with E-state index in [0.29, 0.717) is 12.0 Å². The molecule has 0 spiro atoms. The molecule has 20 heavy (non-hydrogen) atoms. The van der Waals surface area contributed by atoms with E-state index in [9.17, 15) is 14.0 Å². The molecule has 0 aliphatic carbocycles. The molecule has 1 aromatic rings. The van der Waals surface area contributed by atoms with Gasteiger partial charge in [-0.05, 0) is 36.6 Å². The van der Waals surface area contributed by atoms with E-state index in [1.54, 1.807) is 19.9 Å². The SMILES string of the molecule is CC[C@H](C)[C@H](NC(=O)Nc1cc(C)cc(F)c1)C(=O)O. The molecule has 0 aliphatic rings. The Morgan fingerprint density at radius 2 is 2.00 bits per heavy atom. The highest BCUT2D eigenvalue weighted by molar-refractivity contribution is 5.92. The van der Waals surface area contributed by atoms with E-state index in [1.807, 2.05) is 6.92 Å². The van der Waals surface area contributed by atoms with Crippen LogP contribution in [-0.4, -0.2) is 23.1 Å². The minimum Gasteiger partial charge on any atom is -0.480 e. The molecule has 0 radical (unpaired) electrons. The number of halogens is 1. The van der Waals surface area contributed by atoms with Gasteiger partial charge in [0.05, 0.1) is 0 Å². The second-order valence-corrected chi connectivity index (χ2v) is 4.82. The molecular formula is C14H19FN2O3. The Balaban J connectivity index is 2.73. The summed E-state index contributed by atoms with van der Waals surface area (Å²) in [6, 6.07) is 2.47. The van der Waals surface area contributed by atoms with Gasteiger partial charge in [-0.2, -0.15) is 0 Å². The molecule has 110 valence electrons. The number of carbonyl (C=O) groups excluding carboxylic acids is 1. The van der Waals surface area contributed by atoms with Gasteiger partial charge < -0.3 is 15.7 Å². The minimum absolute atomic E-state index is 0.201. The summed E-state index contributed by atoms with van der Waals surface area (Å²) in [6.45, 7) is 5.28. The van der Waals surface area contributed by atoms with Crippen molar-refractivity contribution in [1.82, 2.24) is 5.32 Å². The standard InChI is InChI=1S/C14H19FN2O3/c1-4-9(3)12(13(18)19)17-14(20)16-11-6-8(2)5-10(15)7-11/h5-7,9,12H,4H2,1-3H3,(H,18,19)(H2,16,17,20)/t9-,12-/m0/s1. The van der Waals surface area contributed by atoms with Gasteiger partial charge in [0.2, 0.25) is 0 Å². The number of carboxylic acid groups (broad SMARTS) is 1. The zero-order chi connectivity index (χ0) is 15.3. The normalized spacial score (nSPS) is 13.4. The molecule has 0 unspecified atom stereocenters. The van der Waals surface area contributed by atoms with Gasteiger partial charge >= 0.3 is 12.0 Å². The van der Waals surface area contributed by atoms with Gasteiger partial charge in [-0.25, -0.2) is 14.0 Å². The van der Waals surface area contributed by atoms with Crippen LogP contribution in [0.2, 0.25) is 0 Å². The first-order chi connectivity index (χ1) is 9.33. The summed E-state index contributed by atoms with van der Waals surface area (Å²) in [6.07, 6.45) is 0.621. The van der Waals surface area contributed by atoms with Gasteiger partial charge in [-0.15, -0.1) is 0 Å². The van der Waals surface area contributed by atoms with Crippen molar-refractivity contribution >= 4 is 17.7 Å². The van der Waals surface area contributed by atoms with Gasteiger partial charge in [0.25, 0.3) is 0 Å². The van der Waals surface area contributed by atoms with Gasteiger partial charge in [0.1, 0.15) is 11.9 Å². The van der Waals surface area contributed by atoms with Crippen LogP contribution < -0.4 is 10.6 Å². The molecule has 0 heterocycles. The maximum absolute atomic E-state index is 13.2. The van der Waals surface area contributed by atoms with Crippen molar-refractivity contribution in [2.45, 2.75) is 33.2 Å². The van der Waals surface area contributed by atoms with Crippen molar-refractivity contribution in [3.8, 4) is 0 Å². The summed E-state index contributed by atoms with van der Waals surface area (Å²) in [7, 11) is 0. The summed E-state index contributed by atoms with van der Waals surface area (Å²) in [5.74, 6) is -1.76. The second kappa shape index (κ2) is 6.88. The molecule has 6 heteroatoms. The van der Waals surface area contributed by atoms with Crippen molar-refractivity contribution in [2.24, 2.45) is 5.92 Å². The molecule has 0 aliphatic heterocycles. The van der Waals surface area contributed by atoms with E-state index in [1.165, 1.54) is 12.1 Å². The first-order valence-corrected chi connectivity index (χ1v) is 6.41. The third-order valence-corrected chi connectivity index (χ3v) is 3.07. The molecule has 5 nitrogen and oxygen atoms in total. The predicted octanol–water partition coefficient (Wildman–Crippen LogP) is 2.75. The number of anilines is 1. The van der Waals surface area contributed by atoms with Crippen molar-refractivity contribution in [2.75, 3.05) is 5.32 Å². The maximum Gasteiger partial charge on any atom is 0.326 e. The third kappa shape index (κ3) is 4.53. The Morgan fingerprint density at radius 1 is 1.35 bits per heavy atom. The van der Waals surface area contributed by atoms with E-state index in [2.05, 4.69) is 10.6 Å². The lowest BCUT2D eigenvalue weighted by atomic mass is 9.99. The number of carbonyl (C=O) groups is 2. The smallest absolute Gasteiger partial charge is 0.326 e. The van der Waals surface area contributed by atoms with Crippen LogP contribution >= 0.6 is 0 Å². The van der Waals surface area contributed by atoms with Crippen LogP contribution in [0.3, 0.4) is 0 Å². The van der Waals surface area contributed by atoms with Crippen LogP contribution in [-0.2, 0) is 4.79 Å². The highest BCUT2D eigenvalue weighted by Crippen LogP contribution is 2.14. The molecule has 0 saturated carbocycles. The summed E-state index contributed by atoms with van der Waals surface area (Å²) in [5.41, 5.74) is 0.949. The summed E-state index contributed by atoms with van der Waals surface area (Å²) >= 11 is 0. The van der Waals surface area contributed by atoms with Crippen molar-refractivity contribution < 1.29 is 19.1 Å². The number of hydrogen-bond acceptors (Lipinski definition) is 2. The predicted molar refractivity (Wildman–Crippen MR) is 74.2 cm³/mol. The quantitative estimate of drug-likeness (QED) is 0.777. The van der Waals surface area contributed by atoms with Gasteiger partial charge in [0, 0.05) is 5.69 Å². The van der Waals surface area contributed by atoms with Gasteiger partial charge in [-0.3, -0.25) is 0 Å². The largest absolute Gasteiger partial charge is 0.480 e. The van der Waals surface area contributed by atoms with Crippen LogP contribution in [0.25, 0.3) is 0 Å². The zero-order valence-corrected chi connectivity index (χ0v) is 11.7. The topological polar surface area (TPSA) is 78.4 Å². The van der Waals surface area contributed by atoms with Crippen molar-refractivity contribution in [1.29, 1.82) is 0 Å². The van der Waals surface area contributed by atoms with E-state index < -0.39 is 23.9 Å². The lowest BCUT2D eigenvalue weighted by Crippen LogP contribution is -2.46. The molecule has 1 aromatic carbocycles. The lowest BCUT2D eigenvalue weighted by Gasteiger charge is -2.20. The Bertz CT molecular complexity index is 485. The first-order valence-electron chi connectivity index (χ1n) is 6.41. The minimum atomic E-state index is -1.09. The molecule has 2 amide bonds. The Kier molecular flexibility index (Phi) is 5.49. The number of carboxylic acids is 1.